The van der Waals surface area contributed by atoms with Crippen LogP contribution in [0, 0.1) is 6.92 Å². The lowest BCUT2D eigenvalue weighted by Gasteiger charge is -2.32. The quantitative estimate of drug-likeness (QED) is 0.672. The zero-order valence-electron chi connectivity index (χ0n) is 16.9. The predicted molar refractivity (Wildman–Crippen MR) is 111 cm³/mol. The van der Waals surface area contributed by atoms with E-state index in [1.165, 1.54) is 0 Å². The molecule has 8 heteroatoms. The minimum Gasteiger partial charge on any atom is -0.474 e. The molecule has 2 aromatic heterocycles. The van der Waals surface area contributed by atoms with E-state index in [9.17, 15) is 4.79 Å². The molecule has 0 fully saturated rings. The van der Waals surface area contributed by atoms with Crippen LogP contribution >= 0.6 is 0 Å². The number of carbonyl (C=O) groups is 1. The van der Waals surface area contributed by atoms with Crippen LogP contribution in [-0.2, 0) is 4.74 Å². The summed E-state index contributed by atoms with van der Waals surface area (Å²) in [5, 5.41) is 0.894. The Morgan fingerprint density at radius 3 is 2.79 bits per heavy atom. The Bertz CT molecular complexity index is 1110. The molecule has 1 aliphatic heterocycles. The number of ether oxygens (including phenoxy) is 2. The van der Waals surface area contributed by atoms with Crippen LogP contribution in [0.4, 0.5) is 16.4 Å². The zero-order valence-corrected chi connectivity index (χ0v) is 16.9. The van der Waals surface area contributed by atoms with Crippen molar-refractivity contribution in [3.63, 3.8) is 0 Å². The number of nitrogens with two attached hydrogens (primary N) is 1. The fraction of sp³-hybridized carbons (Fsp3) is 0.333. The van der Waals surface area contributed by atoms with Crippen LogP contribution in [0.3, 0.4) is 0 Å². The van der Waals surface area contributed by atoms with Crippen molar-refractivity contribution in [2.24, 2.45) is 0 Å². The van der Waals surface area contributed by atoms with Gasteiger partial charge in [-0.25, -0.2) is 19.7 Å². The summed E-state index contributed by atoms with van der Waals surface area (Å²) in [5.74, 6) is 0.648. The van der Waals surface area contributed by atoms with Crippen molar-refractivity contribution in [2.45, 2.75) is 33.3 Å². The molecule has 0 spiro atoms. The van der Waals surface area contributed by atoms with Crippen LogP contribution < -0.4 is 15.4 Å². The minimum absolute atomic E-state index is 0.222. The van der Waals surface area contributed by atoms with Crippen LogP contribution in [0.25, 0.3) is 22.0 Å². The number of nitrogen functional groups attached to an aromatic ring is 1. The second-order valence-electron chi connectivity index (χ2n) is 7.93. The number of nitrogens with zero attached hydrogens (tertiary/aromatic N) is 4. The van der Waals surface area contributed by atoms with E-state index in [0.29, 0.717) is 24.7 Å². The number of fused-ring (bicyclic) bond motifs is 2. The van der Waals surface area contributed by atoms with Gasteiger partial charge in [-0.1, -0.05) is 12.1 Å². The highest BCUT2D eigenvalue weighted by Crippen LogP contribution is 2.39. The molecule has 8 nitrogen and oxygen atoms in total. The molecule has 2 N–H and O–H groups in total. The van der Waals surface area contributed by atoms with E-state index in [0.717, 1.165) is 27.6 Å². The molecular weight excluding hydrogens is 370 g/mol. The van der Waals surface area contributed by atoms with Gasteiger partial charge in [-0.05, 0) is 44.9 Å². The highest BCUT2D eigenvalue weighted by Gasteiger charge is 2.31. The number of benzene rings is 1. The van der Waals surface area contributed by atoms with Gasteiger partial charge in [-0.15, -0.1) is 0 Å². The first-order chi connectivity index (χ1) is 13.7. The number of hydrogen-bond donors (Lipinski definition) is 1. The summed E-state index contributed by atoms with van der Waals surface area (Å²) in [4.78, 5) is 27.1. The summed E-state index contributed by atoms with van der Waals surface area (Å²) in [6, 6.07) is 5.84. The van der Waals surface area contributed by atoms with Crippen molar-refractivity contribution < 1.29 is 14.3 Å². The summed E-state index contributed by atoms with van der Waals surface area (Å²) in [6.45, 7) is 8.24. The third kappa shape index (κ3) is 3.65. The van der Waals surface area contributed by atoms with Gasteiger partial charge in [-0.3, -0.25) is 4.90 Å². The van der Waals surface area contributed by atoms with Crippen molar-refractivity contribution in [3.8, 4) is 17.0 Å². The first kappa shape index (κ1) is 18.9. The van der Waals surface area contributed by atoms with Gasteiger partial charge >= 0.3 is 6.09 Å². The average molecular weight is 393 g/mol. The third-order valence-electron chi connectivity index (χ3n) is 4.62. The lowest BCUT2D eigenvalue weighted by Crippen LogP contribution is -2.42. The normalized spacial score (nSPS) is 13.7. The van der Waals surface area contributed by atoms with Crippen LogP contribution in [0.15, 0.2) is 30.6 Å². The molecule has 0 unspecified atom stereocenters. The Hall–Kier alpha value is -3.42. The highest BCUT2D eigenvalue weighted by atomic mass is 16.6. The summed E-state index contributed by atoms with van der Waals surface area (Å²) >= 11 is 0. The standard InChI is InChI=1S/C21H23N5O3/c1-12-15(13-5-6-14-10-24-19(22)25-16(14)9-13)11-23-18-17(12)26(7-8-28-18)20(27)29-21(2,3)4/h5-6,9-11H,7-8H2,1-4H3,(H2,22,24,25). The monoisotopic (exact) mass is 393 g/mol. The van der Waals surface area contributed by atoms with Crippen molar-refractivity contribution in [1.82, 2.24) is 15.0 Å². The van der Waals surface area contributed by atoms with Crippen molar-refractivity contribution in [3.05, 3.63) is 36.2 Å². The van der Waals surface area contributed by atoms with Gasteiger partial charge in [0.15, 0.2) is 0 Å². The molecule has 0 aliphatic carbocycles. The van der Waals surface area contributed by atoms with E-state index in [-0.39, 0.29) is 5.95 Å². The molecule has 150 valence electrons. The van der Waals surface area contributed by atoms with E-state index in [1.807, 2.05) is 45.9 Å². The number of anilines is 2. The first-order valence-electron chi connectivity index (χ1n) is 9.38. The van der Waals surface area contributed by atoms with Crippen LogP contribution in [0.2, 0.25) is 0 Å². The van der Waals surface area contributed by atoms with Gasteiger partial charge in [0.25, 0.3) is 0 Å². The van der Waals surface area contributed by atoms with E-state index < -0.39 is 11.7 Å². The van der Waals surface area contributed by atoms with Crippen LogP contribution in [0.1, 0.15) is 26.3 Å². The van der Waals surface area contributed by atoms with Crippen LogP contribution in [-0.4, -0.2) is 39.8 Å². The summed E-state index contributed by atoms with van der Waals surface area (Å²) in [6.07, 6.45) is 3.03. The van der Waals surface area contributed by atoms with Gasteiger partial charge in [0, 0.05) is 23.3 Å². The Morgan fingerprint density at radius 2 is 2.03 bits per heavy atom. The molecule has 3 aromatic rings. The Morgan fingerprint density at radius 1 is 1.24 bits per heavy atom. The Balaban J connectivity index is 1.80. The smallest absolute Gasteiger partial charge is 0.415 e. The van der Waals surface area contributed by atoms with E-state index in [2.05, 4.69) is 15.0 Å². The zero-order chi connectivity index (χ0) is 20.8. The molecule has 1 aliphatic rings. The topological polar surface area (TPSA) is 103 Å². The fourth-order valence-corrected chi connectivity index (χ4v) is 3.33. The van der Waals surface area contributed by atoms with Gasteiger partial charge in [0.2, 0.25) is 11.8 Å². The van der Waals surface area contributed by atoms with Crippen molar-refractivity contribution in [1.29, 1.82) is 0 Å². The molecular formula is C21H23N5O3. The Labute approximate surface area is 168 Å². The lowest BCUT2D eigenvalue weighted by atomic mass is 9.99. The number of aromatic nitrogens is 3. The Kier molecular flexibility index (Phi) is 4.49. The molecule has 29 heavy (non-hydrogen) atoms. The molecule has 0 atom stereocenters. The second kappa shape index (κ2) is 6.88. The molecule has 3 heterocycles. The van der Waals surface area contributed by atoms with Crippen LogP contribution in [0.5, 0.6) is 5.88 Å². The van der Waals surface area contributed by atoms with E-state index >= 15 is 0 Å². The molecule has 0 bridgehead atoms. The number of pyridine rings is 1. The lowest BCUT2D eigenvalue weighted by molar-refractivity contribution is 0.0566. The number of rotatable bonds is 1. The van der Waals surface area contributed by atoms with Crippen molar-refractivity contribution >= 4 is 28.6 Å². The number of hydrogen-bond acceptors (Lipinski definition) is 7. The minimum atomic E-state index is -0.591. The fourth-order valence-electron chi connectivity index (χ4n) is 3.33. The van der Waals surface area contributed by atoms with E-state index in [1.54, 1.807) is 17.3 Å². The second-order valence-corrected chi connectivity index (χ2v) is 7.93. The summed E-state index contributed by atoms with van der Waals surface area (Å²) in [5.41, 5.74) is 9.18. The first-order valence-corrected chi connectivity index (χ1v) is 9.38. The molecule has 1 aromatic carbocycles. The van der Waals surface area contributed by atoms with Gasteiger partial charge in [0.1, 0.15) is 17.9 Å². The van der Waals surface area contributed by atoms with E-state index in [4.69, 9.17) is 15.2 Å². The molecule has 4 rings (SSSR count). The molecule has 1 amide bonds. The molecule has 0 radical (unpaired) electrons. The number of amides is 1. The maximum absolute atomic E-state index is 12.8. The SMILES string of the molecule is Cc1c(-c2ccc3cnc(N)nc3c2)cnc2c1N(C(=O)OC(C)(C)C)CCO2. The average Bonchev–Trinajstić information content (AvgIpc) is 2.66. The highest BCUT2D eigenvalue weighted by molar-refractivity contribution is 5.94. The van der Waals surface area contributed by atoms with Gasteiger partial charge < -0.3 is 15.2 Å². The summed E-state index contributed by atoms with van der Waals surface area (Å²) < 4.78 is 11.3. The van der Waals surface area contributed by atoms with Gasteiger partial charge in [0.05, 0.1) is 12.1 Å². The van der Waals surface area contributed by atoms with Gasteiger partial charge in [-0.2, -0.15) is 0 Å². The summed E-state index contributed by atoms with van der Waals surface area (Å²) in [7, 11) is 0. The van der Waals surface area contributed by atoms with Crippen molar-refractivity contribution in [2.75, 3.05) is 23.8 Å². The maximum atomic E-state index is 12.8. The molecule has 0 saturated carbocycles. The predicted octanol–water partition coefficient (Wildman–Crippen LogP) is 3.72. The maximum Gasteiger partial charge on any atom is 0.415 e. The number of carbonyl (C=O) groups excluding carboxylic acids is 1. The molecule has 0 saturated heterocycles. The largest absolute Gasteiger partial charge is 0.474 e. The third-order valence-corrected chi connectivity index (χ3v) is 4.62.